The van der Waals surface area contributed by atoms with E-state index in [2.05, 4.69) is 0 Å². The van der Waals surface area contributed by atoms with Crippen molar-refractivity contribution < 1.29 is 33.9 Å². The molecule has 0 N–H and O–H groups in total. The third-order valence-electron chi connectivity index (χ3n) is 0.408. The first kappa shape index (κ1) is 22.8. The van der Waals surface area contributed by atoms with Crippen LogP contribution in [-0.2, 0) is 18.6 Å². The summed E-state index contributed by atoms with van der Waals surface area (Å²) in [6, 6.07) is 0. The fourth-order valence-electron chi connectivity index (χ4n) is 0. The molecule has 0 heterocycles. The molecule has 4 heteroatoms. The second kappa shape index (κ2) is 43.1. The van der Waals surface area contributed by atoms with Crippen molar-refractivity contribution in [3.8, 4) is 0 Å². The van der Waals surface area contributed by atoms with E-state index in [4.69, 9.17) is 15.3 Å². The van der Waals surface area contributed by atoms with Gasteiger partial charge in [-0.2, -0.15) is 18.8 Å². The molecule has 0 bridgehead atoms. The summed E-state index contributed by atoms with van der Waals surface area (Å²) in [6.45, 7) is 5.06. The molecule has 0 aromatic carbocycles. The Hall–Kier alpha value is -0.796. The van der Waals surface area contributed by atoms with Crippen molar-refractivity contribution in [3.05, 3.63) is 37.0 Å². The van der Waals surface area contributed by atoms with Crippen molar-refractivity contribution in [1.82, 2.24) is 0 Å². The molecule has 0 rings (SSSR count). The number of hydrogen-bond acceptors (Lipinski definition) is 3. The minimum Gasteiger partial charge on any atom is -0.878 e. The summed E-state index contributed by atoms with van der Waals surface area (Å²) < 4.78 is 0. The van der Waals surface area contributed by atoms with Gasteiger partial charge in [-0.05, 0) is 20.8 Å². The molecule has 0 atom stereocenters. The zero-order valence-electron chi connectivity index (χ0n) is 8.14. The SMILES string of the molecule is CC=C[O-].CC=C[O-].CC=C[O-].[V]. The van der Waals surface area contributed by atoms with Crippen LogP contribution in [0.5, 0.6) is 0 Å². The van der Waals surface area contributed by atoms with E-state index in [-0.39, 0.29) is 18.6 Å². The third kappa shape index (κ3) is 195. The Morgan fingerprint density at radius 3 is 0.692 bits per heavy atom. The average molecular weight is 222 g/mol. The van der Waals surface area contributed by atoms with Crippen molar-refractivity contribution >= 4 is 0 Å². The summed E-state index contributed by atoms with van der Waals surface area (Å²) in [5.74, 6) is 0. The summed E-state index contributed by atoms with van der Waals surface area (Å²) in [7, 11) is 0. The van der Waals surface area contributed by atoms with Crippen LogP contribution in [0.4, 0.5) is 0 Å². The number of hydrogen-bond donors (Lipinski definition) is 0. The topological polar surface area (TPSA) is 69.2 Å². The predicted molar refractivity (Wildman–Crippen MR) is 44.4 cm³/mol. The second-order valence-electron chi connectivity index (χ2n) is 1.41. The molecule has 3 nitrogen and oxygen atoms in total. The van der Waals surface area contributed by atoms with E-state index in [9.17, 15) is 0 Å². The molecular weight excluding hydrogens is 207 g/mol. The number of rotatable bonds is 0. The van der Waals surface area contributed by atoms with Crippen LogP contribution >= 0.6 is 0 Å². The molecule has 0 unspecified atom stereocenters. The van der Waals surface area contributed by atoms with Gasteiger partial charge in [-0.25, -0.2) is 0 Å². The van der Waals surface area contributed by atoms with Gasteiger partial charge >= 0.3 is 0 Å². The minimum atomic E-state index is 0. The van der Waals surface area contributed by atoms with Gasteiger partial charge in [-0.15, -0.1) is 18.2 Å². The summed E-state index contributed by atoms with van der Waals surface area (Å²) in [5.41, 5.74) is 0. The van der Waals surface area contributed by atoms with Crippen molar-refractivity contribution in [2.24, 2.45) is 0 Å². The Labute approximate surface area is 92.0 Å². The zero-order valence-corrected chi connectivity index (χ0v) is 9.53. The zero-order chi connectivity index (χ0) is 10.2. The van der Waals surface area contributed by atoms with Gasteiger partial charge in [0, 0.05) is 18.6 Å². The van der Waals surface area contributed by atoms with Crippen LogP contribution in [0, 0.1) is 0 Å². The molecule has 77 valence electrons. The van der Waals surface area contributed by atoms with Crippen LogP contribution in [-0.4, -0.2) is 0 Å². The minimum absolute atomic E-state index is 0. The normalized spacial score (nSPS) is 8.54. The van der Waals surface area contributed by atoms with E-state index >= 15 is 0 Å². The molecular formula is C9H15O3V-3. The van der Waals surface area contributed by atoms with Crippen LogP contribution in [0.15, 0.2) is 37.0 Å². The van der Waals surface area contributed by atoms with E-state index in [1.165, 1.54) is 18.2 Å². The van der Waals surface area contributed by atoms with E-state index in [1.54, 1.807) is 20.8 Å². The van der Waals surface area contributed by atoms with E-state index in [0.29, 0.717) is 0 Å². The molecule has 0 amide bonds. The van der Waals surface area contributed by atoms with Gasteiger partial charge < -0.3 is 15.3 Å². The molecule has 0 aliphatic rings. The summed E-state index contributed by atoms with van der Waals surface area (Å²) in [5, 5.41) is 27.4. The molecule has 0 aliphatic carbocycles. The van der Waals surface area contributed by atoms with E-state index in [1.807, 2.05) is 0 Å². The Balaban J connectivity index is -0.0000000450. The second-order valence-corrected chi connectivity index (χ2v) is 1.41. The Morgan fingerprint density at radius 1 is 0.615 bits per heavy atom. The maximum atomic E-state index is 9.12. The van der Waals surface area contributed by atoms with Crippen LogP contribution < -0.4 is 15.3 Å². The van der Waals surface area contributed by atoms with Crippen LogP contribution in [0.25, 0.3) is 0 Å². The quantitative estimate of drug-likeness (QED) is 0.525. The fourth-order valence-corrected chi connectivity index (χ4v) is 0. The van der Waals surface area contributed by atoms with Crippen molar-refractivity contribution in [3.63, 3.8) is 0 Å². The summed E-state index contributed by atoms with van der Waals surface area (Å²) in [4.78, 5) is 0. The van der Waals surface area contributed by atoms with Gasteiger partial charge in [0.2, 0.25) is 0 Å². The van der Waals surface area contributed by atoms with Gasteiger partial charge in [0.1, 0.15) is 0 Å². The molecule has 1 radical (unpaired) electrons. The molecule has 0 aliphatic heterocycles. The number of allylic oxidation sites excluding steroid dienone is 3. The van der Waals surface area contributed by atoms with Gasteiger partial charge in [-0.3, -0.25) is 0 Å². The molecule has 0 saturated heterocycles. The van der Waals surface area contributed by atoms with E-state index < -0.39 is 0 Å². The van der Waals surface area contributed by atoms with Crippen LogP contribution in [0.3, 0.4) is 0 Å². The van der Waals surface area contributed by atoms with Gasteiger partial charge in [0.05, 0.1) is 0 Å². The maximum Gasteiger partial charge on any atom is 0 e. The maximum absolute atomic E-state index is 9.12. The van der Waals surface area contributed by atoms with Crippen molar-refractivity contribution in [1.29, 1.82) is 0 Å². The summed E-state index contributed by atoms with van der Waals surface area (Å²) >= 11 is 0. The Kier molecular flexibility index (Phi) is 75.4. The van der Waals surface area contributed by atoms with Gasteiger partial charge in [0.25, 0.3) is 0 Å². The first-order valence-electron chi connectivity index (χ1n) is 3.44. The van der Waals surface area contributed by atoms with Crippen molar-refractivity contribution in [2.75, 3.05) is 0 Å². The Bertz CT molecular complexity index is 84.3. The van der Waals surface area contributed by atoms with Crippen molar-refractivity contribution in [2.45, 2.75) is 20.8 Å². The first-order chi connectivity index (χ1) is 5.74. The summed E-state index contributed by atoms with van der Waals surface area (Å²) in [6.07, 6.45) is 6.58. The molecule has 0 spiro atoms. The standard InChI is InChI=1S/3C3H6O.V/c3*1-2-3-4;/h3*2-4H,1H3;/p-3. The predicted octanol–water partition coefficient (Wildman–Crippen LogP) is -0.362. The first-order valence-corrected chi connectivity index (χ1v) is 3.44. The van der Waals surface area contributed by atoms with Gasteiger partial charge in [-0.1, -0.05) is 0 Å². The fraction of sp³-hybridized carbons (Fsp3) is 0.333. The largest absolute Gasteiger partial charge is 0.878 e. The molecule has 0 aromatic heterocycles. The Morgan fingerprint density at radius 2 is 0.692 bits per heavy atom. The van der Waals surface area contributed by atoms with Crippen LogP contribution in [0.1, 0.15) is 20.8 Å². The third-order valence-corrected chi connectivity index (χ3v) is 0.408. The average Bonchev–Trinajstić information content (AvgIpc) is 2.18. The van der Waals surface area contributed by atoms with Crippen LogP contribution in [0.2, 0.25) is 0 Å². The molecule has 0 aromatic rings. The van der Waals surface area contributed by atoms with E-state index in [0.717, 1.165) is 18.8 Å². The molecule has 0 fully saturated rings. The molecule has 0 saturated carbocycles. The monoisotopic (exact) mass is 222 g/mol. The smallest absolute Gasteiger partial charge is 0 e. The molecule has 13 heavy (non-hydrogen) atoms. The van der Waals surface area contributed by atoms with Gasteiger partial charge in [0.15, 0.2) is 0 Å².